The van der Waals surface area contributed by atoms with Crippen LogP contribution in [0.5, 0.6) is 0 Å². The maximum Gasteiger partial charge on any atom is 0.254 e. The fourth-order valence-corrected chi connectivity index (χ4v) is 3.14. The summed E-state index contributed by atoms with van der Waals surface area (Å²) in [5.74, 6) is 0.154. The summed E-state index contributed by atoms with van der Waals surface area (Å²) in [7, 11) is 1.59. The predicted octanol–water partition coefficient (Wildman–Crippen LogP) is 2.00. The van der Waals surface area contributed by atoms with Gasteiger partial charge in [-0.15, -0.1) is 0 Å². The molecule has 120 valence electrons. The minimum Gasteiger partial charge on any atom is -0.384 e. The molecular formula is C16H21IN2O3. The summed E-state index contributed by atoms with van der Waals surface area (Å²) in [5.41, 5.74) is 0.738. The number of nitrogens with zero attached hydrogens (tertiary/aromatic N) is 2. The summed E-state index contributed by atoms with van der Waals surface area (Å²) < 4.78 is 5.91. The molecule has 0 bridgehead atoms. The first-order chi connectivity index (χ1) is 10.6. The second kappa shape index (κ2) is 8.47. The van der Waals surface area contributed by atoms with Crippen molar-refractivity contribution in [3.63, 3.8) is 0 Å². The summed E-state index contributed by atoms with van der Waals surface area (Å²) in [6, 6.07) is 7.60. The summed E-state index contributed by atoms with van der Waals surface area (Å²) in [4.78, 5) is 28.4. The number of halogens is 1. The Morgan fingerprint density at radius 3 is 2.55 bits per heavy atom. The number of amides is 2. The topological polar surface area (TPSA) is 49.9 Å². The van der Waals surface area contributed by atoms with Crippen molar-refractivity contribution < 1.29 is 14.3 Å². The molecule has 22 heavy (non-hydrogen) atoms. The van der Waals surface area contributed by atoms with Gasteiger partial charge in [0.15, 0.2) is 0 Å². The van der Waals surface area contributed by atoms with Gasteiger partial charge in [-0.2, -0.15) is 0 Å². The lowest BCUT2D eigenvalue weighted by Gasteiger charge is -2.22. The molecule has 6 heteroatoms. The van der Waals surface area contributed by atoms with Crippen LogP contribution in [0.25, 0.3) is 0 Å². The van der Waals surface area contributed by atoms with Crippen LogP contribution in [0, 0.1) is 3.57 Å². The molecule has 1 aliphatic rings. The number of carbonyl (C=O) groups excluding carboxylic acids is 2. The van der Waals surface area contributed by atoms with Gasteiger partial charge in [-0.05, 0) is 41.1 Å². The molecule has 2 amide bonds. The van der Waals surface area contributed by atoms with E-state index in [0.717, 1.165) is 15.6 Å². The van der Waals surface area contributed by atoms with Crippen molar-refractivity contribution in [2.75, 3.05) is 39.9 Å². The Kier molecular flexibility index (Phi) is 6.63. The Labute approximate surface area is 144 Å². The predicted molar refractivity (Wildman–Crippen MR) is 92.8 cm³/mol. The van der Waals surface area contributed by atoms with Crippen molar-refractivity contribution in [1.82, 2.24) is 9.80 Å². The van der Waals surface area contributed by atoms with Crippen molar-refractivity contribution in [2.45, 2.75) is 12.8 Å². The van der Waals surface area contributed by atoms with Crippen molar-refractivity contribution in [1.29, 1.82) is 0 Å². The van der Waals surface area contributed by atoms with Gasteiger partial charge in [0.1, 0.15) is 0 Å². The molecular weight excluding hydrogens is 395 g/mol. The largest absolute Gasteiger partial charge is 0.384 e. The summed E-state index contributed by atoms with van der Waals surface area (Å²) >= 11 is 2.19. The third-order valence-electron chi connectivity index (χ3n) is 3.76. The molecule has 0 atom stereocenters. The number of carbonyl (C=O) groups is 2. The molecule has 0 saturated carbocycles. The number of benzene rings is 1. The monoisotopic (exact) mass is 416 g/mol. The van der Waals surface area contributed by atoms with Gasteiger partial charge in [-0.25, -0.2) is 0 Å². The molecule has 0 N–H and O–H groups in total. The second-order valence-electron chi connectivity index (χ2n) is 5.25. The highest BCUT2D eigenvalue weighted by Crippen LogP contribution is 2.15. The lowest BCUT2D eigenvalue weighted by atomic mass is 10.2. The first-order valence-electron chi connectivity index (χ1n) is 7.44. The average Bonchev–Trinajstić information content (AvgIpc) is 2.78. The number of hydrogen-bond donors (Lipinski definition) is 0. The minimum absolute atomic E-state index is 0.0520. The number of hydrogen-bond acceptors (Lipinski definition) is 3. The Balaban J connectivity index is 1.97. The van der Waals surface area contributed by atoms with Gasteiger partial charge in [0, 0.05) is 36.9 Å². The molecule has 0 spiro atoms. The molecule has 0 radical (unpaired) electrons. The molecule has 1 aromatic carbocycles. The summed E-state index contributed by atoms with van der Waals surface area (Å²) in [6.45, 7) is 3.02. The van der Waals surface area contributed by atoms with Gasteiger partial charge < -0.3 is 14.5 Å². The van der Waals surface area contributed by atoms with E-state index in [1.54, 1.807) is 7.11 Å². The SMILES string of the molecule is COCCC(=O)N1CCCN(C(=O)c2ccccc2I)CC1. The van der Waals surface area contributed by atoms with Crippen LogP contribution in [0.15, 0.2) is 24.3 Å². The van der Waals surface area contributed by atoms with Crippen molar-refractivity contribution in [3.8, 4) is 0 Å². The van der Waals surface area contributed by atoms with E-state index in [1.807, 2.05) is 34.1 Å². The Hall–Kier alpha value is -1.15. The van der Waals surface area contributed by atoms with Crippen LogP contribution in [-0.4, -0.2) is 61.5 Å². The maximum absolute atomic E-state index is 12.6. The molecule has 2 rings (SSSR count). The average molecular weight is 416 g/mol. The summed E-state index contributed by atoms with van der Waals surface area (Å²) in [5, 5.41) is 0. The lowest BCUT2D eigenvalue weighted by Crippen LogP contribution is -2.37. The van der Waals surface area contributed by atoms with E-state index in [1.165, 1.54) is 0 Å². The van der Waals surface area contributed by atoms with Crippen LogP contribution in [0.1, 0.15) is 23.2 Å². The molecule has 1 fully saturated rings. The highest BCUT2D eigenvalue weighted by Gasteiger charge is 2.23. The molecule has 5 nitrogen and oxygen atoms in total. The Bertz CT molecular complexity index is 536. The van der Waals surface area contributed by atoms with Crippen LogP contribution in [0.2, 0.25) is 0 Å². The summed E-state index contributed by atoms with van der Waals surface area (Å²) in [6.07, 6.45) is 1.22. The van der Waals surface area contributed by atoms with Gasteiger partial charge in [0.05, 0.1) is 18.6 Å². The van der Waals surface area contributed by atoms with Gasteiger partial charge in [-0.3, -0.25) is 9.59 Å². The first-order valence-corrected chi connectivity index (χ1v) is 8.52. The number of ether oxygens (including phenoxy) is 1. The lowest BCUT2D eigenvalue weighted by molar-refractivity contribution is -0.132. The van der Waals surface area contributed by atoms with E-state index >= 15 is 0 Å². The molecule has 1 aliphatic heterocycles. The third kappa shape index (κ3) is 4.42. The van der Waals surface area contributed by atoms with E-state index in [0.29, 0.717) is 39.2 Å². The van der Waals surface area contributed by atoms with Crippen LogP contribution in [0.3, 0.4) is 0 Å². The maximum atomic E-state index is 12.6. The molecule has 1 saturated heterocycles. The Morgan fingerprint density at radius 1 is 1.14 bits per heavy atom. The van der Waals surface area contributed by atoms with E-state index in [4.69, 9.17) is 4.74 Å². The van der Waals surface area contributed by atoms with Crippen molar-refractivity contribution >= 4 is 34.4 Å². The third-order valence-corrected chi connectivity index (χ3v) is 4.70. The van der Waals surface area contributed by atoms with E-state index in [2.05, 4.69) is 22.6 Å². The first kappa shape index (κ1) is 17.2. The van der Waals surface area contributed by atoms with E-state index in [-0.39, 0.29) is 11.8 Å². The van der Waals surface area contributed by atoms with Gasteiger partial charge in [0.25, 0.3) is 5.91 Å². The molecule has 1 heterocycles. The normalized spacial score (nSPS) is 15.5. The fraction of sp³-hybridized carbons (Fsp3) is 0.500. The minimum atomic E-state index is 0.0520. The quantitative estimate of drug-likeness (QED) is 0.706. The van der Waals surface area contributed by atoms with Crippen LogP contribution >= 0.6 is 22.6 Å². The van der Waals surface area contributed by atoms with Gasteiger partial charge in [-0.1, -0.05) is 12.1 Å². The highest BCUT2D eigenvalue weighted by atomic mass is 127. The van der Waals surface area contributed by atoms with Crippen LogP contribution in [0.4, 0.5) is 0 Å². The van der Waals surface area contributed by atoms with Crippen LogP contribution in [-0.2, 0) is 9.53 Å². The molecule has 0 aromatic heterocycles. The van der Waals surface area contributed by atoms with Crippen molar-refractivity contribution in [3.05, 3.63) is 33.4 Å². The molecule has 0 unspecified atom stereocenters. The fourth-order valence-electron chi connectivity index (χ4n) is 2.52. The molecule has 0 aliphatic carbocycles. The van der Waals surface area contributed by atoms with Gasteiger partial charge >= 0.3 is 0 Å². The van der Waals surface area contributed by atoms with Gasteiger partial charge in [0.2, 0.25) is 5.91 Å². The smallest absolute Gasteiger partial charge is 0.254 e. The van der Waals surface area contributed by atoms with Crippen LogP contribution < -0.4 is 0 Å². The Morgan fingerprint density at radius 2 is 1.82 bits per heavy atom. The number of methoxy groups -OCH3 is 1. The number of rotatable bonds is 4. The van der Waals surface area contributed by atoms with Crippen molar-refractivity contribution in [2.24, 2.45) is 0 Å². The van der Waals surface area contributed by atoms with E-state index < -0.39 is 0 Å². The highest BCUT2D eigenvalue weighted by molar-refractivity contribution is 14.1. The molecule has 1 aromatic rings. The van der Waals surface area contributed by atoms with E-state index in [9.17, 15) is 9.59 Å². The zero-order chi connectivity index (χ0) is 15.9. The zero-order valence-corrected chi connectivity index (χ0v) is 14.9. The standard InChI is InChI=1S/C16H21IN2O3/c1-22-12-7-15(20)18-8-4-9-19(11-10-18)16(21)13-5-2-3-6-14(13)17/h2-3,5-6H,4,7-12H2,1H3. The zero-order valence-electron chi connectivity index (χ0n) is 12.8. The second-order valence-corrected chi connectivity index (χ2v) is 6.41.